The summed E-state index contributed by atoms with van der Waals surface area (Å²) >= 11 is 0. The molecule has 0 heterocycles. The zero-order chi connectivity index (χ0) is 17.3. The van der Waals surface area contributed by atoms with Crippen molar-refractivity contribution in [1.82, 2.24) is 4.72 Å². The van der Waals surface area contributed by atoms with Crippen molar-refractivity contribution in [2.24, 2.45) is 5.92 Å². The molecular weight excluding hydrogens is 328 g/mol. The molecule has 8 heteroatoms. The number of halogens is 2. The van der Waals surface area contributed by atoms with Crippen LogP contribution in [-0.2, 0) is 20.7 Å². The lowest BCUT2D eigenvalue weighted by Gasteiger charge is -2.26. The molecule has 0 saturated heterocycles. The molecule has 0 bridgehead atoms. The summed E-state index contributed by atoms with van der Waals surface area (Å²) in [5, 5.41) is 9.17. The second-order valence-electron chi connectivity index (χ2n) is 5.50. The predicted octanol–water partition coefficient (Wildman–Crippen LogP) is 2.50. The summed E-state index contributed by atoms with van der Waals surface area (Å²) in [6, 6.07) is 3.93. The van der Waals surface area contributed by atoms with Gasteiger partial charge in [-0.15, -0.1) is 0 Å². The minimum atomic E-state index is -4.27. The number of carboxylic acids is 1. The Hall–Kier alpha value is -1.80. The number of allylic oxidation sites excluding steroid dienone is 1. The standard InChI is InChI=1S/C15H17F2NO4S/c1-15(16,17)11-7-3-5-9-13(11)23(21,22)18-12-8-4-2-6-10(12)14(19)20/h2-5,7,9-10,12,18H,6,8H2,1H3,(H,19,20)/t10-,12+/m0/s1. The first-order valence-electron chi connectivity index (χ1n) is 7.00. The van der Waals surface area contributed by atoms with Gasteiger partial charge >= 0.3 is 5.97 Å². The molecule has 0 spiro atoms. The van der Waals surface area contributed by atoms with Gasteiger partial charge in [0.1, 0.15) is 0 Å². The highest BCUT2D eigenvalue weighted by Crippen LogP contribution is 2.32. The van der Waals surface area contributed by atoms with E-state index in [1.165, 1.54) is 12.1 Å². The lowest BCUT2D eigenvalue weighted by molar-refractivity contribution is -0.142. The molecule has 2 atom stereocenters. The number of carboxylic acid groups (broad SMARTS) is 1. The van der Waals surface area contributed by atoms with E-state index >= 15 is 0 Å². The molecule has 126 valence electrons. The summed E-state index contributed by atoms with van der Waals surface area (Å²) in [5.41, 5.74) is -0.620. The molecule has 1 aromatic rings. The number of alkyl halides is 2. The van der Waals surface area contributed by atoms with E-state index in [-0.39, 0.29) is 12.8 Å². The highest BCUT2D eigenvalue weighted by molar-refractivity contribution is 7.89. The maximum atomic E-state index is 13.6. The summed E-state index contributed by atoms with van der Waals surface area (Å²) in [5.74, 6) is -5.38. The van der Waals surface area contributed by atoms with Crippen LogP contribution in [0.25, 0.3) is 0 Å². The zero-order valence-electron chi connectivity index (χ0n) is 12.4. The normalized spacial score (nSPS) is 22.0. The van der Waals surface area contributed by atoms with Gasteiger partial charge in [-0.2, -0.15) is 0 Å². The van der Waals surface area contributed by atoms with Gasteiger partial charge in [0.2, 0.25) is 10.0 Å². The molecule has 2 N–H and O–H groups in total. The first kappa shape index (κ1) is 17.6. The average Bonchev–Trinajstić information content (AvgIpc) is 2.46. The lowest BCUT2D eigenvalue weighted by atomic mass is 9.90. The fraction of sp³-hybridized carbons (Fsp3) is 0.400. The Kier molecular flexibility index (Phi) is 4.86. The van der Waals surface area contributed by atoms with Crippen molar-refractivity contribution >= 4 is 16.0 Å². The fourth-order valence-corrected chi connectivity index (χ4v) is 4.12. The van der Waals surface area contributed by atoms with Crippen molar-refractivity contribution in [2.75, 3.05) is 0 Å². The van der Waals surface area contributed by atoms with E-state index in [2.05, 4.69) is 4.72 Å². The largest absolute Gasteiger partial charge is 0.481 e. The monoisotopic (exact) mass is 345 g/mol. The predicted molar refractivity (Wildman–Crippen MR) is 79.6 cm³/mol. The molecule has 0 saturated carbocycles. The molecule has 0 amide bonds. The third-order valence-electron chi connectivity index (χ3n) is 3.71. The molecular formula is C15H17F2NO4S. The van der Waals surface area contributed by atoms with Gasteiger partial charge in [0.25, 0.3) is 5.92 Å². The highest BCUT2D eigenvalue weighted by Gasteiger charge is 2.36. The number of hydrogen-bond acceptors (Lipinski definition) is 3. The van der Waals surface area contributed by atoms with Crippen LogP contribution in [0.1, 0.15) is 25.3 Å². The lowest BCUT2D eigenvalue weighted by Crippen LogP contribution is -2.44. The van der Waals surface area contributed by atoms with Crippen LogP contribution in [0.15, 0.2) is 41.3 Å². The third kappa shape index (κ3) is 3.94. The Morgan fingerprint density at radius 2 is 1.87 bits per heavy atom. The van der Waals surface area contributed by atoms with Gasteiger partial charge < -0.3 is 5.11 Å². The Morgan fingerprint density at radius 1 is 1.26 bits per heavy atom. The number of hydrogen-bond donors (Lipinski definition) is 2. The number of benzene rings is 1. The van der Waals surface area contributed by atoms with E-state index in [0.29, 0.717) is 6.92 Å². The van der Waals surface area contributed by atoms with Crippen molar-refractivity contribution in [3.8, 4) is 0 Å². The minimum absolute atomic E-state index is 0.189. The number of aliphatic carboxylic acids is 1. The van der Waals surface area contributed by atoms with E-state index in [9.17, 15) is 27.1 Å². The second-order valence-corrected chi connectivity index (χ2v) is 7.18. The van der Waals surface area contributed by atoms with Crippen LogP contribution in [0, 0.1) is 5.92 Å². The topological polar surface area (TPSA) is 83.5 Å². The molecule has 0 fully saturated rings. The van der Waals surface area contributed by atoms with Crippen molar-refractivity contribution in [3.63, 3.8) is 0 Å². The zero-order valence-corrected chi connectivity index (χ0v) is 13.2. The van der Waals surface area contributed by atoms with E-state index in [0.717, 1.165) is 12.1 Å². The van der Waals surface area contributed by atoms with Gasteiger partial charge in [-0.05, 0) is 18.9 Å². The van der Waals surface area contributed by atoms with Gasteiger partial charge in [0.05, 0.1) is 10.8 Å². The number of carbonyl (C=O) groups is 1. The van der Waals surface area contributed by atoms with Crippen LogP contribution < -0.4 is 4.72 Å². The Morgan fingerprint density at radius 3 is 2.48 bits per heavy atom. The van der Waals surface area contributed by atoms with Crippen molar-refractivity contribution in [3.05, 3.63) is 42.0 Å². The van der Waals surface area contributed by atoms with Crippen LogP contribution >= 0.6 is 0 Å². The van der Waals surface area contributed by atoms with Crippen molar-refractivity contribution in [1.29, 1.82) is 0 Å². The molecule has 1 aliphatic carbocycles. The molecule has 0 aliphatic heterocycles. The van der Waals surface area contributed by atoms with Gasteiger partial charge in [-0.3, -0.25) is 4.79 Å². The quantitative estimate of drug-likeness (QED) is 0.803. The number of nitrogens with one attached hydrogen (secondary N) is 1. The van der Waals surface area contributed by atoms with Crippen molar-refractivity contribution < 1.29 is 27.1 Å². The smallest absolute Gasteiger partial charge is 0.308 e. The van der Waals surface area contributed by atoms with E-state index in [1.807, 2.05) is 0 Å². The Labute approximate surface area is 133 Å². The first-order valence-corrected chi connectivity index (χ1v) is 8.48. The average molecular weight is 345 g/mol. The molecule has 5 nitrogen and oxygen atoms in total. The van der Waals surface area contributed by atoms with E-state index < -0.39 is 44.3 Å². The fourth-order valence-electron chi connectivity index (χ4n) is 2.54. The molecule has 0 aromatic heterocycles. The molecule has 0 radical (unpaired) electrons. The maximum Gasteiger partial charge on any atom is 0.308 e. The van der Waals surface area contributed by atoms with Gasteiger partial charge in [0, 0.05) is 18.5 Å². The SMILES string of the molecule is CC(F)(F)c1ccccc1S(=O)(=O)N[C@@H]1CC=CC[C@@H]1C(=O)O. The van der Waals surface area contributed by atoms with Crippen LogP contribution in [0.5, 0.6) is 0 Å². The number of sulfonamides is 1. The second kappa shape index (κ2) is 6.37. The summed E-state index contributed by atoms with van der Waals surface area (Å²) in [7, 11) is -4.27. The third-order valence-corrected chi connectivity index (χ3v) is 5.25. The number of rotatable bonds is 5. The van der Waals surface area contributed by atoms with Gasteiger partial charge in [-0.1, -0.05) is 30.4 Å². The molecule has 2 rings (SSSR count). The van der Waals surface area contributed by atoms with Gasteiger partial charge in [0.15, 0.2) is 0 Å². The maximum absolute atomic E-state index is 13.6. The summed E-state index contributed by atoms with van der Waals surface area (Å²) < 4.78 is 54.5. The minimum Gasteiger partial charge on any atom is -0.481 e. The Balaban J connectivity index is 2.37. The van der Waals surface area contributed by atoms with Crippen LogP contribution in [0.2, 0.25) is 0 Å². The highest BCUT2D eigenvalue weighted by atomic mass is 32.2. The first-order chi connectivity index (χ1) is 10.6. The summed E-state index contributed by atoms with van der Waals surface area (Å²) in [4.78, 5) is 10.7. The van der Waals surface area contributed by atoms with E-state index in [4.69, 9.17) is 0 Å². The Bertz CT molecular complexity index is 725. The van der Waals surface area contributed by atoms with Crippen LogP contribution in [0.4, 0.5) is 8.78 Å². The van der Waals surface area contributed by atoms with Crippen molar-refractivity contribution in [2.45, 2.75) is 36.6 Å². The van der Waals surface area contributed by atoms with Gasteiger partial charge in [-0.25, -0.2) is 21.9 Å². The molecule has 0 unspecified atom stereocenters. The van der Waals surface area contributed by atoms with Crippen LogP contribution in [-0.4, -0.2) is 25.5 Å². The van der Waals surface area contributed by atoms with Crippen LogP contribution in [0.3, 0.4) is 0 Å². The molecule has 23 heavy (non-hydrogen) atoms. The summed E-state index contributed by atoms with van der Waals surface area (Å²) in [6.45, 7) is 0.616. The van der Waals surface area contributed by atoms with E-state index in [1.54, 1.807) is 12.2 Å². The summed E-state index contributed by atoms with van der Waals surface area (Å²) in [6.07, 6.45) is 3.72. The molecule has 1 aliphatic rings. The molecule has 1 aromatic carbocycles.